The molecule has 1 aromatic carbocycles. The van der Waals surface area contributed by atoms with Crippen molar-refractivity contribution in [3.8, 4) is 0 Å². The van der Waals surface area contributed by atoms with E-state index in [9.17, 15) is 0 Å². The maximum atomic E-state index is 5.18. The lowest BCUT2D eigenvalue weighted by Crippen LogP contribution is -2.02. The first kappa shape index (κ1) is 11.2. The van der Waals surface area contributed by atoms with Gasteiger partial charge in [-0.05, 0) is 17.5 Å². The van der Waals surface area contributed by atoms with Crippen LogP contribution in [0.1, 0.15) is 36.8 Å². The molecule has 0 radical (unpaired) electrons. The molecule has 1 heterocycles. The van der Waals surface area contributed by atoms with Crippen LogP contribution in [0.4, 0.5) is 0 Å². The van der Waals surface area contributed by atoms with Crippen molar-refractivity contribution in [1.82, 2.24) is 0 Å². The van der Waals surface area contributed by atoms with E-state index in [-0.39, 0.29) is 0 Å². The molecule has 0 fully saturated rings. The highest BCUT2D eigenvalue weighted by Crippen LogP contribution is 2.26. The van der Waals surface area contributed by atoms with Gasteiger partial charge in [-0.1, -0.05) is 37.6 Å². The molecule has 0 N–H and O–H groups in total. The summed E-state index contributed by atoms with van der Waals surface area (Å²) in [6.07, 6.45) is 3.33. The van der Waals surface area contributed by atoms with Gasteiger partial charge >= 0.3 is 0 Å². The van der Waals surface area contributed by atoms with Crippen molar-refractivity contribution in [1.29, 1.82) is 0 Å². The van der Waals surface area contributed by atoms with Gasteiger partial charge in [0.1, 0.15) is 0 Å². The van der Waals surface area contributed by atoms with Crippen molar-refractivity contribution in [3.63, 3.8) is 0 Å². The number of aliphatic imine (C=N–C) groups is 1. The first-order valence-corrected chi connectivity index (χ1v) is 5.99. The number of ether oxygens (including phenoxy) is 1. The highest BCUT2D eigenvalue weighted by Gasteiger charge is 2.20. The van der Waals surface area contributed by atoms with Gasteiger partial charge < -0.3 is 4.74 Å². The zero-order valence-electron chi connectivity index (χ0n) is 10.1. The molecule has 2 heteroatoms. The summed E-state index contributed by atoms with van der Waals surface area (Å²) < 4.78 is 5.18. The van der Waals surface area contributed by atoms with Crippen LogP contribution in [0.5, 0.6) is 0 Å². The van der Waals surface area contributed by atoms with Crippen LogP contribution < -0.4 is 0 Å². The van der Waals surface area contributed by atoms with Crippen LogP contribution in [0, 0.1) is 0 Å². The number of nitrogens with zero attached hydrogens (tertiary/aromatic N) is 1. The van der Waals surface area contributed by atoms with E-state index in [1.165, 1.54) is 24.0 Å². The van der Waals surface area contributed by atoms with Gasteiger partial charge in [0.2, 0.25) is 0 Å². The summed E-state index contributed by atoms with van der Waals surface area (Å²) in [4.78, 5) is 4.37. The van der Waals surface area contributed by atoms with Gasteiger partial charge in [-0.3, -0.25) is 4.99 Å². The van der Waals surface area contributed by atoms with Gasteiger partial charge in [-0.25, -0.2) is 0 Å². The Balaban J connectivity index is 2.01. The minimum atomic E-state index is 0.519. The van der Waals surface area contributed by atoms with Gasteiger partial charge in [0.15, 0.2) is 5.90 Å². The molecule has 2 rings (SSSR count). The Morgan fingerprint density at radius 2 is 2.06 bits per heavy atom. The predicted octanol–water partition coefficient (Wildman–Crippen LogP) is 3.17. The quantitative estimate of drug-likeness (QED) is 0.762. The maximum absolute atomic E-state index is 5.18. The molecule has 0 spiro atoms. The molecular weight excluding hydrogens is 198 g/mol. The maximum Gasteiger partial charge on any atom is 0.183 e. The molecule has 86 valence electrons. The highest BCUT2D eigenvalue weighted by molar-refractivity contribution is 5.78. The lowest BCUT2D eigenvalue weighted by Gasteiger charge is -2.09. The molecule has 16 heavy (non-hydrogen) atoms. The van der Waals surface area contributed by atoms with Gasteiger partial charge in [0.05, 0.1) is 7.11 Å². The summed E-state index contributed by atoms with van der Waals surface area (Å²) >= 11 is 0. The second-order valence-electron chi connectivity index (χ2n) is 4.33. The Kier molecular flexibility index (Phi) is 3.60. The molecule has 0 amide bonds. The first-order valence-electron chi connectivity index (χ1n) is 5.99. The van der Waals surface area contributed by atoms with E-state index in [0.717, 1.165) is 18.9 Å². The first-order chi connectivity index (χ1) is 7.83. The molecule has 1 aliphatic rings. The molecular formula is C14H19NO. The van der Waals surface area contributed by atoms with E-state index in [4.69, 9.17) is 4.74 Å². The summed E-state index contributed by atoms with van der Waals surface area (Å²) in [5.41, 5.74) is 2.81. The number of rotatable bonds is 3. The number of hydrogen-bond acceptors (Lipinski definition) is 2. The molecule has 0 aromatic heterocycles. The van der Waals surface area contributed by atoms with Gasteiger partial charge in [0, 0.05) is 18.9 Å². The number of benzene rings is 1. The Hall–Kier alpha value is -1.31. The van der Waals surface area contributed by atoms with Crippen molar-refractivity contribution in [3.05, 3.63) is 35.4 Å². The van der Waals surface area contributed by atoms with Crippen LogP contribution in [0.25, 0.3) is 0 Å². The third kappa shape index (κ3) is 2.43. The number of aryl methyl sites for hydroxylation is 1. The zero-order valence-corrected chi connectivity index (χ0v) is 10.1. The van der Waals surface area contributed by atoms with E-state index in [0.29, 0.717) is 5.92 Å². The van der Waals surface area contributed by atoms with Gasteiger partial charge in [-0.2, -0.15) is 0 Å². The topological polar surface area (TPSA) is 21.6 Å². The molecule has 0 bridgehead atoms. The van der Waals surface area contributed by atoms with Crippen LogP contribution in [0.15, 0.2) is 29.3 Å². The van der Waals surface area contributed by atoms with Crippen molar-refractivity contribution in [2.45, 2.75) is 32.1 Å². The van der Waals surface area contributed by atoms with Crippen LogP contribution >= 0.6 is 0 Å². The summed E-state index contributed by atoms with van der Waals surface area (Å²) in [5.74, 6) is 1.41. The Bertz CT molecular complexity index is 367. The molecule has 1 aromatic rings. The average molecular weight is 217 g/mol. The van der Waals surface area contributed by atoms with E-state index in [1.54, 1.807) is 7.11 Å². The smallest absolute Gasteiger partial charge is 0.183 e. The fourth-order valence-corrected chi connectivity index (χ4v) is 2.17. The fraction of sp³-hybridized carbons (Fsp3) is 0.500. The minimum Gasteiger partial charge on any atom is -0.484 e. The minimum absolute atomic E-state index is 0.519. The average Bonchev–Trinajstić information content (AvgIpc) is 2.79. The van der Waals surface area contributed by atoms with Crippen LogP contribution in [-0.2, 0) is 11.2 Å². The third-order valence-corrected chi connectivity index (χ3v) is 3.13. The molecule has 1 unspecified atom stereocenters. The van der Waals surface area contributed by atoms with E-state index >= 15 is 0 Å². The highest BCUT2D eigenvalue weighted by atomic mass is 16.5. The van der Waals surface area contributed by atoms with Gasteiger partial charge in [-0.15, -0.1) is 0 Å². The molecule has 0 aliphatic carbocycles. The largest absolute Gasteiger partial charge is 0.484 e. The lowest BCUT2D eigenvalue weighted by atomic mass is 9.96. The second-order valence-corrected chi connectivity index (χ2v) is 4.33. The summed E-state index contributed by atoms with van der Waals surface area (Å²) in [7, 11) is 1.70. The zero-order chi connectivity index (χ0) is 11.4. The molecule has 0 saturated carbocycles. The van der Waals surface area contributed by atoms with Crippen LogP contribution in [0.3, 0.4) is 0 Å². The Morgan fingerprint density at radius 1 is 1.31 bits per heavy atom. The summed E-state index contributed by atoms with van der Waals surface area (Å²) in [5, 5.41) is 0. The normalized spacial score (nSPS) is 19.6. The summed E-state index contributed by atoms with van der Waals surface area (Å²) in [6.45, 7) is 3.08. The third-order valence-electron chi connectivity index (χ3n) is 3.13. The monoisotopic (exact) mass is 217 g/mol. The van der Waals surface area contributed by atoms with Crippen LogP contribution in [0.2, 0.25) is 0 Å². The van der Waals surface area contributed by atoms with Crippen molar-refractivity contribution in [2.75, 3.05) is 13.7 Å². The fourth-order valence-electron chi connectivity index (χ4n) is 2.17. The standard InChI is InChI=1S/C14H19NO/c1-3-4-11-5-7-12(8-6-11)13-9-14(16-2)15-10-13/h5-8,13H,3-4,9-10H2,1-2H3. The van der Waals surface area contributed by atoms with Crippen LogP contribution in [-0.4, -0.2) is 19.6 Å². The van der Waals surface area contributed by atoms with Crippen molar-refractivity contribution < 1.29 is 4.74 Å². The molecule has 1 atom stereocenters. The van der Waals surface area contributed by atoms with Crippen molar-refractivity contribution >= 4 is 5.90 Å². The SMILES string of the molecule is CCCc1ccc(C2CN=C(OC)C2)cc1. The van der Waals surface area contributed by atoms with Gasteiger partial charge in [0.25, 0.3) is 0 Å². The second kappa shape index (κ2) is 5.15. The lowest BCUT2D eigenvalue weighted by molar-refractivity contribution is 0.393. The Morgan fingerprint density at radius 3 is 2.62 bits per heavy atom. The summed E-state index contributed by atoms with van der Waals surface area (Å²) in [6, 6.07) is 8.96. The van der Waals surface area contributed by atoms with Crippen molar-refractivity contribution in [2.24, 2.45) is 4.99 Å². The Labute approximate surface area is 97.4 Å². The molecule has 1 aliphatic heterocycles. The van der Waals surface area contributed by atoms with E-state index < -0.39 is 0 Å². The van der Waals surface area contributed by atoms with E-state index in [1.807, 2.05) is 0 Å². The number of hydrogen-bond donors (Lipinski definition) is 0. The molecule has 0 saturated heterocycles. The number of methoxy groups -OCH3 is 1. The van der Waals surface area contributed by atoms with E-state index in [2.05, 4.69) is 36.2 Å². The molecule has 2 nitrogen and oxygen atoms in total. The predicted molar refractivity (Wildman–Crippen MR) is 67.1 cm³/mol.